The lowest BCUT2D eigenvalue weighted by molar-refractivity contribution is 0.297. The van der Waals surface area contributed by atoms with Crippen molar-refractivity contribution in [2.24, 2.45) is 0 Å². The average Bonchev–Trinajstić information content (AvgIpc) is 2.95. The lowest BCUT2D eigenvalue weighted by Crippen LogP contribution is -1.97. The van der Waals surface area contributed by atoms with Gasteiger partial charge in [0.15, 0.2) is 0 Å². The van der Waals surface area contributed by atoms with E-state index in [9.17, 15) is 0 Å². The highest BCUT2D eigenvalue weighted by Gasteiger charge is 2.11. The van der Waals surface area contributed by atoms with Gasteiger partial charge in [-0.05, 0) is 31.2 Å². The monoisotopic (exact) mass is 295 g/mol. The van der Waals surface area contributed by atoms with Gasteiger partial charge in [-0.2, -0.15) is 0 Å². The highest BCUT2D eigenvalue weighted by Crippen LogP contribution is 2.24. The Balaban J connectivity index is 1.74. The van der Waals surface area contributed by atoms with Gasteiger partial charge >= 0.3 is 0 Å². The lowest BCUT2D eigenvalue weighted by atomic mass is 10.2. The van der Waals surface area contributed by atoms with Crippen LogP contribution in [0.2, 0.25) is 0 Å². The summed E-state index contributed by atoms with van der Waals surface area (Å²) in [5, 5.41) is 0. The van der Waals surface area contributed by atoms with Crippen molar-refractivity contribution in [3.63, 3.8) is 0 Å². The Bertz CT molecular complexity index is 750. The summed E-state index contributed by atoms with van der Waals surface area (Å²) in [6.07, 6.45) is 0. The van der Waals surface area contributed by atoms with E-state index in [4.69, 9.17) is 13.9 Å². The molecule has 0 radical (unpaired) electrons. The van der Waals surface area contributed by atoms with Gasteiger partial charge in [0.05, 0.1) is 7.11 Å². The van der Waals surface area contributed by atoms with Crippen molar-refractivity contribution in [1.29, 1.82) is 0 Å². The Morgan fingerprint density at radius 1 is 1.00 bits per heavy atom. The predicted molar refractivity (Wildman–Crippen MR) is 84.0 cm³/mol. The third-order valence-corrected chi connectivity index (χ3v) is 3.33. The summed E-state index contributed by atoms with van der Waals surface area (Å²) in [6.45, 7) is 2.25. The van der Waals surface area contributed by atoms with Crippen LogP contribution in [0.1, 0.15) is 11.5 Å². The summed E-state index contributed by atoms with van der Waals surface area (Å²) in [5.41, 5.74) is 1.75. The van der Waals surface area contributed by atoms with Crippen LogP contribution in [0, 0.1) is 6.92 Å². The number of nitrogens with zero attached hydrogens (tertiary/aromatic N) is 1. The standard InChI is InChI=1S/C18H17NO3/c1-13-17(12-21-16-10-6-9-15(11-16)20-2)19-18(22-13)14-7-4-3-5-8-14/h3-11H,12H2,1-2H3. The molecule has 1 heterocycles. The molecule has 4 nitrogen and oxygen atoms in total. The second kappa shape index (κ2) is 6.35. The number of hydrogen-bond donors (Lipinski definition) is 0. The van der Waals surface area contributed by atoms with E-state index in [2.05, 4.69) is 4.98 Å². The van der Waals surface area contributed by atoms with E-state index in [1.807, 2.05) is 61.5 Å². The van der Waals surface area contributed by atoms with Crippen LogP contribution < -0.4 is 9.47 Å². The minimum atomic E-state index is 0.356. The van der Waals surface area contributed by atoms with E-state index >= 15 is 0 Å². The minimum absolute atomic E-state index is 0.356. The van der Waals surface area contributed by atoms with E-state index in [0.29, 0.717) is 12.5 Å². The number of rotatable bonds is 5. The molecule has 3 aromatic rings. The molecule has 0 spiro atoms. The number of aromatic nitrogens is 1. The molecule has 3 rings (SSSR count). The summed E-state index contributed by atoms with van der Waals surface area (Å²) in [4.78, 5) is 4.51. The van der Waals surface area contributed by atoms with Gasteiger partial charge in [0, 0.05) is 11.6 Å². The maximum absolute atomic E-state index is 5.76. The first-order valence-electron chi connectivity index (χ1n) is 7.05. The highest BCUT2D eigenvalue weighted by atomic mass is 16.5. The number of oxazole rings is 1. The van der Waals surface area contributed by atoms with Crippen molar-refractivity contribution < 1.29 is 13.9 Å². The Morgan fingerprint density at radius 3 is 2.55 bits per heavy atom. The Morgan fingerprint density at radius 2 is 1.77 bits per heavy atom. The maximum Gasteiger partial charge on any atom is 0.226 e. The Kier molecular flexibility index (Phi) is 4.10. The molecule has 0 N–H and O–H groups in total. The van der Waals surface area contributed by atoms with Crippen LogP contribution in [0.3, 0.4) is 0 Å². The molecule has 0 aliphatic heterocycles. The van der Waals surface area contributed by atoms with Gasteiger partial charge < -0.3 is 13.9 Å². The van der Waals surface area contributed by atoms with Gasteiger partial charge in [-0.25, -0.2) is 4.98 Å². The van der Waals surface area contributed by atoms with Gasteiger partial charge in [0.2, 0.25) is 5.89 Å². The summed E-state index contributed by atoms with van der Waals surface area (Å²) in [7, 11) is 1.63. The predicted octanol–water partition coefficient (Wildman–Crippen LogP) is 4.24. The highest BCUT2D eigenvalue weighted by molar-refractivity contribution is 5.53. The molecule has 0 bridgehead atoms. The fourth-order valence-electron chi connectivity index (χ4n) is 2.11. The van der Waals surface area contributed by atoms with Crippen molar-refractivity contribution in [2.75, 3.05) is 7.11 Å². The first-order valence-corrected chi connectivity index (χ1v) is 7.05. The summed E-state index contributed by atoms with van der Waals surface area (Å²) < 4.78 is 16.7. The van der Waals surface area contributed by atoms with E-state index in [1.54, 1.807) is 7.11 Å². The molecular weight excluding hydrogens is 278 g/mol. The van der Waals surface area contributed by atoms with Crippen LogP contribution in [0.4, 0.5) is 0 Å². The molecule has 0 aliphatic rings. The fraction of sp³-hybridized carbons (Fsp3) is 0.167. The molecule has 0 saturated heterocycles. The maximum atomic E-state index is 5.76. The van der Waals surface area contributed by atoms with Crippen LogP contribution in [-0.2, 0) is 6.61 Å². The zero-order valence-electron chi connectivity index (χ0n) is 12.6. The first-order chi connectivity index (χ1) is 10.8. The smallest absolute Gasteiger partial charge is 0.226 e. The van der Waals surface area contributed by atoms with Crippen molar-refractivity contribution in [3.8, 4) is 23.0 Å². The normalized spacial score (nSPS) is 10.5. The number of hydrogen-bond acceptors (Lipinski definition) is 4. The summed E-state index contributed by atoms with van der Waals surface area (Å²) in [5.74, 6) is 2.88. The molecule has 0 fully saturated rings. The third-order valence-electron chi connectivity index (χ3n) is 3.33. The largest absolute Gasteiger partial charge is 0.497 e. The van der Waals surface area contributed by atoms with Crippen LogP contribution in [0.15, 0.2) is 59.0 Å². The van der Waals surface area contributed by atoms with Crippen LogP contribution >= 0.6 is 0 Å². The van der Waals surface area contributed by atoms with Crippen molar-refractivity contribution in [1.82, 2.24) is 4.98 Å². The van der Waals surface area contributed by atoms with E-state index in [1.165, 1.54) is 0 Å². The SMILES string of the molecule is COc1cccc(OCc2nc(-c3ccccc3)oc2C)c1. The van der Waals surface area contributed by atoms with Gasteiger partial charge in [0.1, 0.15) is 29.6 Å². The lowest BCUT2D eigenvalue weighted by Gasteiger charge is -2.06. The van der Waals surface area contributed by atoms with Gasteiger partial charge in [-0.15, -0.1) is 0 Å². The summed E-state index contributed by atoms with van der Waals surface area (Å²) >= 11 is 0. The summed E-state index contributed by atoms with van der Waals surface area (Å²) in [6, 6.07) is 17.3. The molecule has 0 aliphatic carbocycles. The number of methoxy groups -OCH3 is 1. The molecule has 2 aromatic carbocycles. The molecule has 0 atom stereocenters. The third kappa shape index (κ3) is 3.11. The van der Waals surface area contributed by atoms with Gasteiger partial charge in [-0.3, -0.25) is 0 Å². The van der Waals surface area contributed by atoms with Crippen molar-refractivity contribution in [2.45, 2.75) is 13.5 Å². The molecule has 0 amide bonds. The quantitative estimate of drug-likeness (QED) is 0.706. The molecular formula is C18H17NO3. The van der Waals surface area contributed by atoms with Crippen LogP contribution in [0.25, 0.3) is 11.5 Å². The zero-order valence-corrected chi connectivity index (χ0v) is 12.6. The molecule has 0 saturated carbocycles. The number of aryl methyl sites for hydroxylation is 1. The van der Waals surface area contributed by atoms with Crippen molar-refractivity contribution >= 4 is 0 Å². The molecule has 1 aromatic heterocycles. The topological polar surface area (TPSA) is 44.5 Å². The Labute approximate surface area is 129 Å². The fourth-order valence-corrected chi connectivity index (χ4v) is 2.11. The zero-order chi connectivity index (χ0) is 15.4. The second-order valence-electron chi connectivity index (χ2n) is 4.86. The number of ether oxygens (including phenoxy) is 2. The molecule has 22 heavy (non-hydrogen) atoms. The van der Waals surface area contributed by atoms with Gasteiger partial charge in [0.25, 0.3) is 0 Å². The van der Waals surface area contributed by atoms with E-state index < -0.39 is 0 Å². The minimum Gasteiger partial charge on any atom is -0.497 e. The van der Waals surface area contributed by atoms with Crippen LogP contribution in [-0.4, -0.2) is 12.1 Å². The van der Waals surface area contributed by atoms with E-state index in [0.717, 1.165) is 28.5 Å². The molecule has 0 unspecified atom stereocenters. The van der Waals surface area contributed by atoms with E-state index in [-0.39, 0.29) is 0 Å². The van der Waals surface area contributed by atoms with Gasteiger partial charge in [-0.1, -0.05) is 24.3 Å². The molecule has 4 heteroatoms. The van der Waals surface area contributed by atoms with Crippen molar-refractivity contribution in [3.05, 3.63) is 66.1 Å². The second-order valence-corrected chi connectivity index (χ2v) is 4.86. The number of benzene rings is 2. The first kappa shape index (κ1) is 14.2. The Hall–Kier alpha value is -2.75. The molecule has 112 valence electrons. The van der Waals surface area contributed by atoms with Crippen LogP contribution in [0.5, 0.6) is 11.5 Å². The average molecular weight is 295 g/mol.